The van der Waals surface area contributed by atoms with Gasteiger partial charge in [-0.2, -0.15) is 5.53 Å². The molecule has 0 bridgehead atoms. The summed E-state index contributed by atoms with van der Waals surface area (Å²) >= 11 is 0. The number of fused-ring (bicyclic) bond motifs is 1. The van der Waals surface area contributed by atoms with Crippen LogP contribution < -0.4 is 21.7 Å². The van der Waals surface area contributed by atoms with Crippen molar-refractivity contribution in [3.63, 3.8) is 0 Å². The number of hydrazine groups is 2. The van der Waals surface area contributed by atoms with Crippen molar-refractivity contribution >= 4 is 5.91 Å². The van der Waals surface area contributed by atoms with Crippen molar-refractivity contribution in [3.05, 3.63) is 35.9 Å². The van der Waals surface area contributed by atoms with Crippen LogP contribution in [-0.2, 0) is 11.3 Å². The van der Waals surface area contributed by atoms with E-state index in [1.165, 1.54) is 5.56 Å². The Morgan fingerprint density at radius 3 is 2.83 bits per heavy atom. The molecule has 2 saturated heterocycles. The molecule has 0 spiro atoms. The molecule has 4 rings (SSSR count). The fraction of sp³-hybridized carbons (Fsp3) is 0.611. The van der Waals surface area contributed by atoms with Crippen molar-refractivity contribution in [2.24, 2.45) is 5.92 Å². The molecule has 4 N–H and O–H groups in total. The molecular formula is C18H27N5O. The molecular weight excluding hydrogens is 302 g/mol. The molecule has 4 atom stereocenters. The molecule has 1 amide bonds. The average molecular weight is 329 g/mol. The van der Waals surface area contributed by atoms with E-state index < -0.39 is 0 Å². The standard InChI is InChI=1S/C18H27N5O/c24-18(14-6-7-16-17(10-14)21-22-20-16)19-15-8-9-23(12-15)11-13-4-2-1-3-5-13/h1-5,14-17,20-22H,6-12H2,(H,19,24). The quantitative estimate of drug-likeness (QED) is 0.649. The summed E-state index contributed by atoms with van der Waals surface area (Å²) in [5.41, 5.74) is 10.8. The Bertz CT molecular complexity index is 566. The molecule has 2 aliphatic heterocycles. The van der Waals surface area contributed by atoms with Crippen LogP contribution in [0.4, 0.5) is 0 Å². The fourth-order valence-corrected chi connectivity index (χ4v) is 4.22. The largest absolute Gasteiger partial charge is 0.352 e. The van der Waals surface area contributed by atoms with Crippen LogP contribution in [0.2, 0.25) is 0 Å². The summed E-state index contributed by atoms with van der Waals surface area (Å²) in [4.78, 5) is 15.0. The second kappa shape index (κ2) is 7.19. The lowest BCUT2D eigenvalue weighted by Gasteiger charge is -2.30. The van der Waals surface area contributed by atoms with Crippen molar-refractivity contribution in [2.45, 2.75) is 50.4 Å². The molecule has 4 unspecified atom stereocenters. The van der Waals surface area contributed by atoms with Gasteiger partial charge < -0.3 is 5.32 Å². The van der Waals surface area contributed by atoms with Crippen LogP contribution in [0.25, 0.3) is 0 Å². The van der Waals surface area contributed by atoms with Gasteiger partial charge in [0.25, 0.3) is 0 Å². The number of hydrogen-bond donors (Lipinski definition) is 4. The number of benzene rings is 1. The Kier molecular flexibility index (Phi) is 4.80. The predicted molar refractivity (Wildman–Crippen MR) is 92.6 cm³/mol. The van der Waals surface area contributed by atoms with Crippen LogP contribution in [0, 0.1) is 5.92 Å². The average Bonchev–Trinajstić information content (AvgIpc) is 3.24. The van der Waals surface area contributed by atoms with Crippen molar-refractivity contribution < 1.29 is 4.79 Å². The number of nitrogens with one attached hydrogen (secondary N) is 4. The van der Waals surface area contributed by atoms with Gasteiger partial charge in [0.2, 0.25) is 5.91 Å². The number of amides is 1. The highest BCUT2D eigenvalue weighted by atomic mass is 16.2. The first-order chi connectivity index (χ1) is 11.8. The highest BCUT2D eigenvalue weighted by molar-refractivity contribution is 5.79. The molecule has 130 valence electrons. The van der Waals surface area contributed by atoms with E-state index in [1.54, 1.807) is 0 Å². The van der Waals surface area contributed by atoms with E-state index in [4.69, 9.17) is 0 Å². The van der Waals surface area contributed by atoms with Crippen LogP contribution in [-0.4, -0.2) is 42.0 Å². The van der Waals surface area contributed by atoms with Crippen molar-refractivity contribution in [1.82, 2.24) is 26.6 Å². The third kappa shape index (κ3) is 3.62. The van der Waals surface area contributed by atoms with Crippen molar-refractivity contribution in [3.8, 4) is 0 Å². The number of carbonyl (C=O) groups excluding carboxylic acids is 1. The summed E-state index contributed by atoms with van der Waals surface area (Å²) in [5.74, 6) is 0.386. The zero-order chi connectivity index (χ0) is 16.4. The van der Waals surface area contributed by atoms with Gasteiger partial charge in [0.1, 0.15) is 0 Å². The zero-order valence-corrected chi connectivity index (χ0v) is 14.0. The summed E-state index contributed by atoms with van der Waals surface area (Å²) in [5, 5.41) is 3.30. The van der Waals surface area contributed by atoms with Gasteiger partial charge in [-0.1, -0.05) is 30.3 Å². The topological polar surface area (TPSA) is 68.4 Å². The Morgan fingerprint density at radius 1 is 1.12 bits per heavy atom. The second-order valence-corrected chi connectivity index (χ2v) is 7.35. The third-order valence-electron chi connectivity index (χ3n) is 5.60. The van der Waals surface area contributed by atoms with E-state index in [2.05, 4.69) is 56.9 Å². The van der Waals surface area contributed by atoms with Gasteiger partial charge in [0.05, 0.1) is 0 Å². The summed E-state index contributed by atoms with van der Waals surface area (Å²) in [6, 6.07) is 11.7. The summed E-state index contributed by atoms with van der Waals surface area (Å²) in [7, 11) is 0. The number of hydrogen-bond acceptors (Lipinski definition) is 5. The SMILES string of the molecule is O=C(NC1CCN(Cc2ccccc2)C1)C1CCC2NNNC2C1. The lowest BCUT2D eigenvalue weighted by Crippen LogP contribution is -2.46. The van der Waals surface area contributed by atoms with Crippen molar-refractivity contribution in [2.75, 3.05) is 13.1 Å². The van der Waals surface area contributed by atoms with Gasteiger partial charge in [0, 0.05) is 43.7 Å². The first kappa shape index (κ1) is 16.0. The molecule has 0 aromatic heterocycles. The van der Waals surface area contributed by atoms with Crippen LogP contribution in [0.3, 0.4) is 0 Å². The lowest BCUT2D eigenvalue weighted by atomic mass is 9.82. The van der Waals surface area contributed by atoms with E-state index in [1.807, 2.05) is 0 Å². The third-order valence-corrected chi connectivity index (χ3v) is 5.60. The van der Waals surface area contributed by atoms with Crippen molar-refractivity contribution in [1.29, 1.82) is 0 Å². The first-order valence-electron chi connectivity index (χ1n) is 9.10. The number of carbonyl (C=O) groups is 1. The zero-order valence-electron chi connectivity index (χ0n) is 14.0. The molecule has 6 heteroatoms. The first-order valence-corrected chi connectivity index (χ1v) is 9.10. The maximum absolute atomic E-state index is 12.6. The molecule has 1 saturated carbocycles. The molecule has 3 aliphatic rings. The van der Waals surface area contributed by atoms with Gasteiger partial charge in [0.15, 0.2) is 0 Å². The van der Waals surface area contributed by atoms with E-state index in [0.717, 1.165) is 45.3 Å². The molecule has 1 aromatic rings. The molecule has 1 aliphatic carbocycles. The van der Waals surface area contributed by atoms with E-state index in [-0.39, 0.29) is 11.8 Å². The Labute approximate surface area is 143 Å². The van der Waals surface area contributed by atoms with Gasteiger partial charge in [-0.25, -0.2) is 10.9 Å². The summed E-state index contributed by atoms with van der Waals surface area (Å²) < 4.78 is 0. The summed E-state index contributed by atoms with van der Waals surface area (Å²) in [6.07, 6.45) is 3.99. The minimum atomic E-state index is 0.142. The minimum absolute atomic E-state index is 0.142. The Morgan fingerprint density at radius 2 is 1.96 bits per heavy atom. The second-order valence-electron chi connectivity index (χ2n) is 7.35. The molecule has 24 heavy (non-hydrogen) atoms. The molecule has 3 fully saturated rings. The smallest absolute Gasteiger partial charge is 0.223 e. The van der Waals surface area contributed by atoms with Crippen LogP contribution in [0.1, 0.15) is 31.2 Å². The van der Waals surface area contributed by atoms with Crippen LogP contribution in [0.5, 0.6) is 0 Å². The molecule has 6 nitrogen and oxygen atoms in total. The number of nitrogens with zero attached hydrogens (tertiary/aromatic N) is 1. The van der Waals surface area contributed by atoms with Gasteiger partial charge in [-0.05, 0) is 31.2 Å². The van der Waals surface area contributed by atoms with Gasteiger partial charge in [-0.3, -0.25) is 9.69 Å². The number of rotatable bonds is 4. The molecule has 0 radical (unpaired) electrons. The van der Waals surface area contributed by atoms with Gasteiger partial charge in [-0.15, -0.1) is 0 Å². The van der Waals surface area contributed by atoms with Gasteiger partial charge >= 0.3 is 0 Å². The fourth-order valence-electron chi connectivity index (χ4n) is 4.22. The predicted octanol–water partition coefficient (Wildman–Crippen LogP) is 0.527. The Hall–Kier alpha value is -1.47. The normalized spacial score (nSPS) is 33.3. The monoisotopic (exact) mass is 329 g/mol. The Balaban J connectivity index is 1.25. The number of likely N-dealkylation sites (tertiary alicyclic amines) is 1. The van der Waals surface area contributed by atoms with E-state index in [9.17, 15) is 4.79 Å². The highest BCUT2D eigenvalue weighted by Gasteiger charge is 2.37. The van der Waals surface area contributed by atoms with E-state index in [0.29, 0.717) is 18.1 Å². The van der Waals surface area contributed by atoms with Crippen LogP contribution in [0.15, 0.2) is 30.3 Å². The molecule has 1 aromatic carbocycles. The maximum Gasteiger partial charge on any atom is 0.223 e. The maximum atomic E-state index is 12.6. The summed E-state index contributed by atoms with van der Waals surface area (Å²) in [6.45, 7) is 2.99. The lowest BCUT2D eigenvalue weighted by molar-refractivity contribution is -0.126. The minimum Gasteiger partial charge on any atom is -0.352 e. The highest BCUT2D eigenvalue weighted by Crippen LogP contribution is 2.26. The van der Waals surface area contributed by atoms with Crippen LogP contribution >= 0.6 is 0 Å². The van der Waals surface area contributed by atoms with E-state index >= 15 is 0 Å². The molecule has 2 heterocycles.